The summed E-state index contributed by atoms with van der Waals surface area (Å²) in [6, 6.07) is 10.5. The van der Waals surface area contributed by atoms with E-state index < -0.39 is 11.8 Å². The molecule has 33 heavy (non-hydrogen) atoms. The van der Waals surface area contributed by atoms with Crippen molar-refractivity contribution in [2.45, 2.75) is 20.3 Å². The molecule has 7 nitrogen and oxygen atoms in total. The topological polar surface area (TPSA) is 77.1 Å². The number of methoxy groups -OCH3 is 1. The fraction of sp³-hybridized carbons (Fsp3) is 0.240. The first kappa shape index (κ1) is 24.0. The highest BCUT2D eigenvalue weighted by atomic mass is 32.1. The molecule has 1 fully saturated rings. The number of hydrogen-bond donors (Lipinski definition) is 1. The highest BCUT2D eigenvalue weighted by Gasteiger charge is 2.34. The monoisotopic (exact) mass is 466 g/mol. The summed E-state index contributed by atoms with van der Waals surface area (Å²) in [7, 11) is 1.57. The van der Waals surface area contributed by atoms with E-state index in [0.717, 1.165) is 5.56 Å². The van der Waals surface area contributed by atoms with Gasteiger partial charge in [-0.1, -0.05) is 12.1 Å². The molecule has 0 aliphatic carbocycles. The first-order chi connectivity index (χ1) is 15.9. The Kier molecular flexibility index (Phi) is 7.84. The number of hydrogen-bond acceptors (Lipinski definition) is 6. The maximum atomic E-state index is 13.4. The van der Waals surface area contributed by atoms with Gasteiger partial charge in [-0.15, -0.1) is 6.58 Å². The van der Waals surface area contributed by atoms with Crippen molar-refractivity contribution >= 4 is 40.9 Å². The zero-order valence-corrected chi connectivity index (χ0v) is 19.7. The Bertz CT molecular complexity index is 1130. The number of nitrogens with one attached hydrogen (secondary N) is 1. The molecule has 2 amide bonds. The van der Waals surface area contributed by atoms with Crippen LogP contribution in [0.4, 0.5) is 5.69 Å². The lowest BCUT2D eigenvalue weighted by Crippen LogP contribution is -2.54. The summed E-state index contributed by atoms with van der Waals surface area (Å²) in [5.74, 6) is 0.608. The minimum Gasteiger partial charge on any atom is -0.494 e. The van der Waals surface area contributed by atoms with E-state index in [-0.39, 0.29) is 10.7 Å². The van der Waals surface area contributed by atoms with Crippen molar-refractivity contribution in [3.63, 3.8) is 0 Å². The summed E-state index contributed by atoms with van der Waals surface area (Å²) in [4.78, 5) is 27.3. The number of carbonyl (C=O) groups is 2. The molecule has 8 heteroatoms. The predicted octanol–water partition coefficient (Wildman–Crippen LogP) is 4.05. The smallest absolute Gasteiger partial charge is 0.270 e. The third-order valence-corrected chi connectivity index (χ3v) is 5.11. The largest absolute Gasteiger partial charge is 0.494 e. The number of amides is 2. The SMILES string of the molecule is C=CCc1cc(C=C2C(=O)NC(=S)N(c3cccc(OCC)c3)C2=O)cc(OCC)c1OC. The molecule has 0 aromatic heterocycles. The second kappa shape index (κ2) is 10.8. The summed E-state index contributed by atoms with van der Waals surface area (Å²) in [5.41, 5.74) is 1.89. The first-order valence-electron chi connectivity index (χ1n) is 10.5. The predicted molar refractivity (Wildman–Crippen MR) is 132 cm³/mol. The van der Waals surface area contributed by atoms with E-state index in [4.69, 9.17) is 26.4 Å². The fourth-order valence-corrected chi connectivity index (χ4v) is 3.79. The molecule has 1 aliphatic rings. The summed E-state index contributed by atoms with van der Waals surface area (Å²) < 4.78 is 16.8. The van der Waals surface area contributed by atoms with Gasteiger partial charge in [0.2, 0.25) is 0 Å². The van der Waals surface area contributed by atoms with Gasteiger partial charge in [-0.2, -0.15) is 0 Å². The molecular weight excluding hydrogens is 440 g/mol. The lowest BCUT2D eigenvalue weighted by atomic mass is 10.0. The standard InChI is InChI=1S/C25H26N2O5S/c1-5-9-17-12-16(14-21(32-7-3)22(17)30-4)13-20-23(28)26-25(33)27(24(20)29)18-10-8-11-19(15-18)31-6-2/h5,8,10-15H,1,6-7,9H2,2-4H3,(H,26,28,33). The molecular formula is C25H26N2O5S. The number of benzene rings is 2. The van der Waals surface area contributed by atoms with Crippen LogP contribution >= 0.6 is 12.2 Å². The molecule has 1 saturated heterocycles. The fourth-order valence-electron chi connectivity index (χ4n) is 3.51. The average Bonchev–Trinajstić information content (AvgIpc) is 2.77. The third-order valence-electron chi connectivity index (χ3n) is 4.82. The minimum atomic E-state index is -0.568. The number of rotatable bonds is 9. The maximum absolute atomic E-state index is 13.4. The van der Waals surface area contributed by atoms with Crippen molar-refractivity contribution in [3.05, 3.63) is 65.8 Å². The van der Waals surface area contributed by atoms with Gasteiger partial charge in [0.1, 0.15) is 11.3 Å². The molecule has 3 rings (SSSR count). The van der Waals surface area contributed by atoms with Crippen LogP contribution < -0.4 is 24.4 Å². The van der Waals surface area contributed by atoms with Gasteiger partial charge in [0.25, 0.3) is 11.8 Å². The van der Waals surface area contributed by atoms with Crippen LogP contribution in [0.3, 0.4) is 0 Å². The molecule has 0 atom stereocenters. The van der Waals surface area contributed by atoms with Crippen molar-refractivity contribution in [3.8, 4) is 17.2 Å². The molecule has 0 radical (unpaired) electrons. The van der Waals surface area contributed by atoms with E-state index in [0.29, 0.717) is 48.1 Å². The van der Waals surface area contributed by atoms with Crippen LogP contribution in [0, 0.1) is 0 Å². The van der Waals surface area contributed by atoms with Gasteiger partial charge in [-0.3, -0.25) is 19.8 Å². The van der Waals surface area contributed by atoms with Gasteiger partial charge in [-0.05, 0) is 68.4 Å². The zero-order chi connectivity index (χ0) is 24.0. The molecule has 0 saturated carbocycles. The Morgan fingerprint density at radius 3 is 2.55 bits per heavy atom. The van der Waals surface area contributed by atoms with Gasteiger partial charge in [-0.25, -0.2) is 0 Å². The number of ether oxygens (including phenoxy) is 3. The summed E-state index contributed by atoms with van der Waals surface area (Å²) in [5, 5.41) is 2.61. The zero-order valence-electron chi connectivity index (χ0n) is 18.8. The molecule has 0 bridgehead atoms. The van der Waals surface area contributed by atoms with Gasteiger partial charge in [0, 0.05) is 11.6 Å². The van der Waals surface area contributed by atoms with Crippen molar-refractivity contribution < 1.29 is 23.8 Å². The van der Waals surface area contributed by atoms with Crippen molar-refractivity contribution in [2.75, 3.05) is 25.2 Å². The second-order valence-electron chi connectivity index (χ2n) is 7.03. The molecule has 1 heterocycles. The molecule has 1 N–H and O–H groups in total. The van der Waals surface area contributed by atoms with Crippen LogP contribution in [0.1, 0.15) is 25.0 Å². The lowest BCUT2D eigenvalue weighted by molar-refractivity contribution is -0.122. The Morgan fingerprint density at radius 1 is 1.12 bits per heavy atom. The van der Waals surface area contributed by atoms with Gasteiger partial charge < -0.3 is 14.2 Å². The number of thiocarbonyl (C=S) groups is 1. The minimum absolute atomic E-state index is 0.00730. The normalized spacial score (nSPS) is 14.8. The van der Waals surface area contributed by atoms with E-state index in [1.54, 1.807) is 43.5 Å². The van der Waals surface area contributed by atoms with Gasteiger partial charge in [0.05, 0.1) is 26.0 Å². The van der Waals surface area contributed by atoms with Crippen LogP contribution in [0.25, 0.3) is 6.08 Å². The summed E-state index contributed by atoms with van der Waals surface area (Å²) in [6.45, 7) is 8.44. The second-order valence-corrected chi connectivity index (χ2v) is 7.41. The number of allylic oxidation sites excluding steroid dienone is 1. The van der Waals surface area contributed by atoms with Crippen LogP contribution in [0.2, 0.25) is 0 Å². The highest BCUT2D eigenvalue weighted by molar-refractivity contribution is 7.80. The molecule has 2 aromatic rings. The maximum Gasteiger partial charge on any atom is 0.270 e. The van der Waals surface area contributed by atoms with Crippen molar-refractivity contribution in [1.29, 1.82) is 0 Å². The van der Waals surface area contributed by atoms with E-state index in [2.05, 4.69) is 11.9 Å². The first-order valence-corrected chi connectivity index (χ1v) is 10.9. The molecule has 2 aromatic carbocycles. The number of carbonyl (C=O) groups excluding carboxylic acids is 2. The van der Waals surface area contributed by atoms with E-state index in [1.807, 2.05) is 19.9 Å². The Morgan fingerprint density at radius 2 is 1.88 bits per heavy atom. The molecule has 0 spiro atoms. The average molecular weight is 467 g/mol. The Hall–Kier alpha value is -3.65. The molecule has 172 valence electrons. The Balaban J connectivity index is 2.06. The molecule has 1 aliphatic heterocycles. The van der Waals surface area contributed by atoms with Crippen LogP contribution in [-0.2, 0) is 16.0 Å². The van der Waals surface area contributed by atoms with E-state index in [9.17, 15) is 9.59 Å². The highest BCUT2D eigenvalue weighted by Crippen LogP contribution is 2.35. The number of nitrogens with zero attached hydrogens (tertiary/aromatic N) is 1. The summed E-state index contributed by atoms with van der Waals surface area (Å²) in [6.07, 6.45) is 3.79. The van der Waals surface area contributed by atoms with Crippen LogP contribution in [0.15, 0.2) is 54.6 Å². The third kappa shape index (κ3) is 5.23. The van der Waals surface area contributed by atoms with E-state index >= 15 is 0 Å². The van der Waals surface area contributed by atoms with E-state index in [1.165, 1.54) is 11.0 Å². The van der Waals surface area contributed by atoms with Crippen molar-refractivity contribution in [2.24, 2.45) is 0 Å². The van der Waals surface area contributed by atoms with Gasteiger partial charge in [0.15, 0.2) is 16.6 Å². The van der Waals surface area contributed by atoms with Crippen molar-refractivity contribution in [1.82, 2.24) is 5.32 Å². The molecule has 0 unspecified atom stereocenters. The Labute approximate surface area is 198 Å². The van der Waals surface area contributed by atoms with Gasteiger partial charge >= 0.3 is 0 Å². The van der Waals surface area contributed by atoms with Crippen LogP contribution in [0.5, 0.6) is 17.2 Å². The quantitative estimate of drug-likeness (QED) is 0.260. The lowest BCUT2D eigenvalue weighted by Gasteiger charge is -2.29. The van der Waals surface area contributed by atoms with Crippen LogP contribution in [-0.4, -0.2) is 37.3 Å². The number of anilines is 1. The summed E-state index contributed by atoms with van der Waals surface area (Å²) >= 11 is 5.29.